The molecule has 59 heavy (non-hydrogen) atoms. The van der Waals surface area contributed by atoms with Gasteiger partial charge in [0.15, 0.2) is 0 Å². The Bertz CT molecular complexity index is 893. The largest absolute Gasteiger partial charge is 0.462 e. The van der Waals surface area contributed by atoms with Crippen molar-refractivity contribution in [2.75, 3.05) is 6.61 Å². The molecule has 3 atom stereocenters. The Kier molecular flexibility index (Phi) is 46.5. The first-order valence-electron chi connectivity index (χ1n) is 26.4. The fourth-order valence-electron chi connectivity index (χ4n) is 8.31. The third-order valence-electron chi connectivity index (χ3n) is 12.3. The molecule has 0 bridgehead atoms. The number of esters is 1. The predicted molar refractivity (Wildman–Crippen MR) is 255 cm³/mol. The van der Waals surface area contributed by atoms with Crippen LogP contribution >= 0.6 is 0 Å². The number of ether oxygens (including phenoxy) is 1. The molecule has 3 N–H and O–H groups in total. The van der Waals surface area contributed by atoms with E-state index in [-0.39, 0.29) is 24.9 Å². The number of aliphatic hydroxyl groups is 2. The molecule has 350 valence electrons. The molecule has 3 unspecified atom stereocenters. The van der Waals surface area contributed by atoms with E-state index in [1.54, 1.807) is 0 Å². The first-order valence-corrected chi connectivity index (χ1v) is 26.4. The Balaban J connectivity index is 4.51. The lowest BCUT2D eigenvalue weighted by Crippen LogP contribution is -2.46. The lowest BCUT2D eigenvalue weighted by molar-refractivity contribution is -0.151. The van der Waals surface area contributed by atoms with Crippen LogP contribution in [0.25, 0.3) is 0 Å². The van der Waals surface area contributed by atoms with Crippen LogP contribution in [0.1, 0.15) is 290 Å². The van der Waals surface area contributed by atoms with Crippen LogP contribution in [0.2, 0.25) is 0 Å². The highest BCUT2D eigenvalue weighted by Gasteiger charge is 2.24. The smallest absolute Gasteiger partial charge is 0.306 e. The summed E-state index contributed by atoms with van der Waals surface area (Å²) in [6.07, 6.45) is 52.7. The summed E-state index contributed by atoms with van der Waals surface area (Å²) in [5, 5.41) is 23.8. The molecule has 0 aromatic carbocycles. The number of amides is 1. The van der Waals surface area contributed by atoms with E-state index in [1.165, 1.54) is 193 Å². The zero-order chi connectivity index (χ0) is 43.1. The van der Waals surface area contributed by atoms with Gasteiger partial charge >= 0.3 is 5.97 Å². The van der Waals surface area contributed by atoms with Crippen molar-refractivity contribution < 1.29 is 24.5 Å². The highest BCUT2D eigenvalue weighted by atomic mass is 16.5. The minimum absolute atomic E-state index is 0.0638. The predicted octanol–water partition coefficient (Wildman–Crippen LogP) is 15.7. The second-order valence-corrected chi connectivity index (χ2v) is 18.3. The molecule has 1 amide bonds. The lowest BCUT2D eigenvalue weighted by atomic mass is 10.0. The minimum atomic E-state index is -0.788. The Labute approximate surface area is 368 Å². The molecule has 6 nitrogen and oxygen atoms in total. The molecule has 0 aromatic rings. The van der Waals surface area contributed by atoms with Gasteiger partial charge in [0.2, 0.25) is 5.91 Å². The van der Waals surface area contributed by atoms with Gasteiger partial charge in [-0.2, -0.15) is 0 Å². The van der Waals surface area contributed by atoms with Gasteiger partial charge in [-0.3, -0.25) is 9.59 Å². The van der Waals surface area contributed by atoms with Gasteiger partial charge in [-0.15, -0.1) is 0 Å². The van der Waals surface area contributed by atoms with Crippen molar-refractivity contribution in [3.8, 4) is 0 Å². The molecule has 0 heterocycles. The van der Waals surface area contributed by atoms with Crippen molar-refractivity contribution in [2.24, 2.45) is 0 Å². The van der Waals surface area contributed by atoms with E-state index in [4.69, 9.17) is 4.74 Å². The second-order valence-electron chi connectivity index (χ2n) is 18.3. The first kappa shape index (κ1) is 57.6. The van der Waals surface area contributed by atoms with E-state index in [9.17, 15) is 19.8 Å². The number of allylic oxidation sites excluding steroid dienone is 2. The summed E-state index contributed by atoms with van der Waals surface area (Å²) in [4.78, 5) is 26.1. The molecule has 0 aliphatic carbocycles. The van der Waals surface area contributed by atoms with Gasteiger partial charge in [-0.1, -0.05) is 245 Å². The number of nitrogens with one attached hydrogen (secondary N) is 1. The Hall–Kier alpha value is -1.40. The highest BCUT2D eigenvalue weighted by molar-refractivity contribution is 5.77. The van der Waals surface area contributed by atoms with E-state index in [0.29, 0.717) is 19.3 Å². The summed E-state index contributed by atoms with van der Waals surface area (Å²) in [5.41, 5.74) is 0. The van der Waals surface area contributed by atoms with Crippen molar-refractivity contribution in [3.63, 3.8) is 0 Å². The fraction of sp³-hybridized carbons (Fsp3) is 0.925. The Morgan fingerprint density at radius 1 is 0.475 bits per heavy atom. The van der Waals surface area contributed by atoms with Crippen molar-refractivity contribution in [1.82, 2.24) is 5.32 Å². The quantitative estimate of drug-likeness (QED) is 0.0322. The average Bonchev–Trinajstić information content (AvgIpc) is 3.23. The van der Waals surface area contributed by atoms with Gasteiger partial charge < -0.3 is 20.3 Å². The molecule has 0 spiro atoms. The van der Waals surface area contributed by atoms with Crippen molar-refractivity contribution in [3.05, 3.63) is 12.2 Å². The molecular weight excluding hydrogens is 731 g/mol. The number of rotatable bonds is 48. The molecular formula is C53H103NO5. The topological polar surface area (TPSA) is 95.9 Å². The van der Waals surface area contributed by atoms with Crippen LogP contribution in [-0.4, -0.2) is 46.9 Å². The van der Waals surface area contributed by atoms with Crippen LogP contribution in [0.4, 0.5) is 0 Å². The maximum absolute atomic E-state index is 13.2. The third kappa shape index (κ3) is 43.1. The number of aliphatic hydroxyl groups excluding tert-OH is 2. The maximum Gasteiger partial charge on any atom is 0.306 e. The van der Waals surface area contributed by atoms with Crippen LogP contribution < -0.4 is 5.32 Å². The first-order chi connectivity index (χ1) is 29.0. The van der Waals surface area contributed by atoms with E-state index in [2.05, 4.69) is 38.2 Å². The number of carbonyl (C=O) groups is 2. The van der Waals surface area contributed by atoms with Gasteiger partial charge in [0, 0.05) is 6.42 Å². The summed E-state index contributed by atoms with van der Waals surface area (Å²) in [7, 11) is 0. The van der Waals surface area contributed by atoms with E-state index < -0.39 is 18.2 Å². The molecule has 0 saturated heterocycles. The minimum Gasteiger partial charge on any atom is -0.462 e. The van der Waals surface area contributed by atoms with Crippen molar-refractivity contribution >= 4 is 11.9 Å². The maximum atomic E-state index is 13.2. The van der Waals surface area contributed by atoms with Gasteiger partial charge in [0.05, 0.1) is 25.2 Å². The normalized spacial score (nSPS) is 13.2. The Morgan fingerprint density at radius 2 is 0.831 bits per heavy atom. The molecule has 0 saturated carbocycles. The van der Waals surface area contributed by atoms with E-state index in [0.717, 1.165) is 51.4 Å². The molecule has 0 rings (SSSR count). The van der Waals surface area contributed by atoms with E-state index in [1.807, 2.05) is 0 Å². The SMILES string of the molecule is CCCCCCCCC/C=C\CCCC(CC(=O)NC(CO)C(O)CCCCCCCCCCCCCCCCC)OC(=O)CCCCCCCCCCCCCCC. The molecule has 0 aliphatic heterocycles. The fourth-order valence-corrected chi connectivity index (χ4v) is 8.31. The monoisotopic (exact) mass is 834 g/mol. The van der Waals surface area contributed by atoms with Crippen LogP contribution in [0.15, 0.2) is 12.2 Å². The van der Waals surface area contributed by atoms with Gasteiger partial charge in [0.25, 0.3) is 0 Å². The van der Waals surface area contributed by atoms with Crippen LogP contribution in [-0.2, 0) is 14.3 Å². The standard InChI is InChI=1S/C53H103NO5/c1-4-7-10-13-16-19-22-25-26-28-30-33-36-39-42-45-51(56)50(48-55)54-52(57)47-49(44-41-38-35-32-29-24-21-18-15-12-9-6-3)59-53(58)46-43-40-37-34-31-27-23-20-17-14-11-8-5-2/h32,35,49-51,55-56H,4-31,33-34,36-48H2,1-3H3,(H,54,57)/b35-32-. The van der Waals surface area contributed by atoms with Crippen molar-refractivity contribution in [2.45, 2.75) is 309 Å². The number of unbranched alkanes of at least 4 members (excludes halogenated alkanes) is 34. The summed E-state index contributed by atoms with van der Waals surface area (Å²) >= 11 is 0. The Morgan fingerprint density at radius 3 is 1.24 bits per heavy atom. The lowest BCUT2D eigenvalue weighted by Gasteiger charge is -2.24. The molecule has 0 fully saturated rings. The number of hydrogen-bond donors (Lipinski definition) is 3. The van der Waals surface area contributed by atoms with Gasteiger partial charge in [-0.05, 0) is 44.9 Å². The molecule has 0 aromatic heterocycles. The summed E-state index contributed by atoms with van der Waals surface area (Å²) in [6, 6.07) is -0.703. The molecule has 0 radical (unpaired) electrons. The van der Waals surface area contributed by atoms with Crippen LogP contribution in [0.3, 0.4) is 0 Å². The van der Waals surface area contributed by atoms with Crippen LogP contribution in [0.5, 0.6) is 0 Å². The summed E-state index contributed by atoms with van der Waals surface area (Å²) in [6.45, 7) is 6.49. The van der Waals surface area contributed by atoms with Gasteiger partial charge in [-0.25, -0.2) is 0 Å². The zero-order valence-corrected chi connectivity index (χ0v) is 39.9. The van der Waals surface area contributed by atoms with E-state index >= 15 is 0 Å². The summed E-state index contributed by atoms with van der Waals surface area (Å²) in [5.74, 6) is -0.486. The number of carbonyl (C=O) groups excluding carboxylic acids is 2. The third-order valence-corrected chi connectivity index (χ3v) is 12.3. The zero-order valence-electron chi connectivity index (χ0n) is 39.9. The van der Waals surface area contributed by atoms with Gasteiger partial charge in [0.1, 0.15) is 6.10 Å². The molecule has 0 aliphatic rings. The highest BCUT2D eigenvalue weighted by Crippen LogP contribution is 2.18. The number of hydrogen-bond acceptors (Lipinski definition) is 5. The second kappa shape index (κ2) is 47.6. The van der Waals surface area contributed by atoms with Crippen molar-refractivity contribution in [1.29, 1.82) is 0 Å². The summed E-state index contributed by atoms with van der Waals surface area (Å²) < 4.78 is 5.92. The average molecular weight is 834 g/mol. The molecule has 6 heteroatoms. The van der Waals surface area contributed by atoms with Crippen LogP contribution in [0, 0.1) is 0 Å².